The maximum absolute atomic E-state index is 11.9. The number of nitrogens with two attached hydrogens (primary N) is 1. The van der Waals surface area contributed by atoms with Crippen LogP contribution in [0.15, 0.2) is 30.5 Å². The highest BCUT2D eigenvalue weighted by atomic mass is 35.5. The van der Waals surface area contributed by atoms with Gasteiger partial charge in [0, 0.05) is 22.5 Å². The molecule has 0 aliphatic carbocycles. The van der Waals surface area contributed by atoms with E-state index in [1.807, 2.05) is 38.1 Å². The minimum atomic E-state index is -0.523. The average molecular weight is 324 g/mol. The van der Waals surface area contributed by atoms with Crippen LogP contribution in [-0.4, -0.2) is 16.9 Å². The molecule has 1 unspecified atom stereocenters. The Hall–Kier alpha value is -1.43. The second kappa shape index (κ2) is 7.02. The molecule has 0 saturated heterocycles. The van der Waals surface area contributed by atoms with E-state index in [1.165, 1.54) is 11.3 Å². The smallest absolute Gasteiger partial charge is 0.243 e. The van der Waals surface area contributed by atoms with Gasteiger partial charge in [0.25, 0.3) is 0 Å². The molecule has 0 aliphatic heterocycles. The number of nitrogens with one attached hydrogen (secondary N) is 1. The van der Waals surface area contributed by atoms with Gasteiger partial charge in [0.15, 0.2) is 5.13 Å². The predicted octanol–water partition coefficient (Wildman–Crippen LogP) is 3.31. The van der Waals surface area contributed by atoms with Crippen LogP contribution in [0.4, 0.5) is 5.13 Å². The predicted molar refractivity (Wildman–Crippen MR) is 87.8 cm³/mol. The third-order valence-electron chi connectivity index (χ3n) is 3.07. The first-order valence-electron chi connectivity index (χ1n) is 6.71. The quantitative estimate of drug-likeness (QED) is 0.887. The summed E-state index contributed by atoms with van der Waals surface area (Å²) in [5.74, 6) is -0.107. The van der Waals surface area contributed by atoms with Crippen LogP contribution < -0.4 is 11.1 Å². The van der Waals surface area contributed by atoms with E-state index in [9.17, 15) is 4.79 Å². The lowest BCUT2D eigenvalue weighted by Crippen LogP contribution is -2.39. The van der Waals surface area contributed by atoms with E-state index in [4.69, 9.17) is 17.3 Å². The topological polar surface area (TPSA) is 68.0 Å². The number of thiazole rings is 1. The maximum Gasteiger partial charge on any atom is 0.243 e. The summed E-state index contributed by atoms with van der Waals surface area (Å²) in [6, 6.07) is 7.18. The van der Waals surface area contributed by atoms with E-state index in [0.29, 0.717) is 10.2 Å². The molecule has 1 heterocycles. The van der Waals surface area contributed by atoms with E-state index in [1.54, 1.807) is 6.20 Å². The van der Waals surface area contributed by atoms with Crippen molar-refractivity contribution in [3.63, 3.8) is 0 Å². The van der Waals surface area contributed by atoms with Crippen LogP contribution in [0.2, 0.25) is 5.02 Å². The normalized spacial score (nSPS) is 12.4. The standard InChI is InChI=1S/C15H18ClN3OS/c1-9(2)13(17)14(20)19-15-18-8-12(21-15)7-10-4-3-5-11(16)6-10/h3-6,8-9,13H,7,17H2,1-2H3,(H,18,19,20). The van der Waals surface area contributed by atoms with Gasteiger partial charge in [0.1, 0.15) is 0 Å². The van der Waals surface area contributed by atoms with Crippen LogP contribution in [-0.2, 0) is 11.2 Å². The van der Waals surface area contributed by atoms with Crippen molar-refractivity contribution in [3.8, 4) is 0 Å². The molecule has 0 aliphatic rings. The summed E-state index contributed by atoms with van der Waals surface area (Å²) in [6.45, 7) is 3.83. The Morgan fingerprint density at radius 1 is 1.48 bits per heavy atom. The second-order valence-corrected chi connectivity index (χ2v) is 6.75. The Morgan fingerprint density at radius 2 is 2.24 bits per heavy atom. The monoisotopic (exact) mass is 323 g/mol. The van der Waals surface area contributed by atoms with Crippen molar-refractivity contribution in [3.05, 3.63) is 45.9 Å². The maximum atomic E-state index is 11.9. The first-order chi connectivity index (χ1) is 9.95. The largest absolute Gasteiger partial charge is 0.320 e. The van der Waals surface area contributed by atoms with Crippen molar-refractivity contribution in [2.45, 2.75) is 26.3 Å². The number of nitrogens with zero attached hydrogens (tertiary/aromatic N) is 1. The summed E-state index contributed by atoms with van der Waals surface area (Å²) < 4.78 is 0. The highest BCUT2D eigenvalue weighted by Gasteiger charge is 2.18. The van der Waals surface area contributed by atoms with Crippen molar-refractivity contribution in [2.75, 3.05) is 5.32 Å². The van der Waals surface area contributed by atoms with E-state index >= 15 is 0 Å². The summed E-state index contributed by atoms with van der Waals surface area (Å²) in [5, 5.41) is 4.05. The van der Waals surface area contributed by atoms with Crippen LogP contribution in [0.25, 0.3) is 0 Å². The van der Waals surface area contributed by atoms with Gasteiger partial charge in [-0.2, -0.15) is 0 Å². The molecule has 2 rings (SSSR count). The van der Waals surface area contributed by atoms with E-state index in [0.717, 1.165) is 16.9 Å². The van der Waals surface area contributed by atoms with Crippen LogP contribution in [0.3, 0.4) is 0 Å². The van der Waals surface area contributed by atoms with Gasteiger partial charge in [0.05, 0.1) is 6.04 Å². The van der Waals surface area contributed by atoms with Crippen molar-refractivity contribution >= 4 is 34.0 Å². The molecule has 3 N–H and O–H groups in total. The Labute approximate surface area is 133 Å². The van der Waals surface area contributed by atoms with Gasteiger partial charge >= 0.3 is 0 Å². The lowest BCUT2D eigenvalue weighted by Gasteiger charge is -2.13. The zero-order chi connectivity index (χ0) is 15.4. The third kappa shape index (κ3) is 4.52. The summed E-state index contributed by atoms with van der Waals surface area (Å²) in [4.78, 5) is 17.2. The Morgan fingerprint density at radius 3 is 2.90 bits per heavy atom. The molecule has 21 heavy (non-hydrogen) atoms. The fourth-order valence-electron chi connectivity index (χ4n) is 1.79. The highest BCUT2D eigenvalue weighted by Crippen LogP contribution is 2.22. The molecule has 1 aromatic carbocycles. The SMILES string of the molecule is CC(C)C(N)C(=O)Nc1ncc(Cc2cccc(Cl)c2)s1. The Bertz CT molecular complexity index is 627. The number of halogens is 1. The molecule has 6 heteroatoms. The van der Waals surface area contributed by atoms with E-state index in [2.05, 4.69) is 10.3 Å². The number of carbonyl (C=O) groups is 1. The second-order valence-electron chi connectivity index (χ2n) is 5.20. The number of amides is 1. The number of hydrogen-bond acceptors (Lipinski definition) is 4. The molecule has 1 amide bonds. The number of aromatic nitrogens is 1. The molecule has 2 aromatic rings. The molecule has 0 bridgehead atoms. The zero-order valence-corrected chi connectivity index (χ0v) is 13.5. The van der Waals surface area contributed by atoms with Crippen molar-refractivity contribution < 1.29 is 4.79 Å². The van der Waals surface area contributed by atoms with Gasteiger partial charge in [-0.3, -0.25) is 4.79 Å². The van der Waals surface area contributed by atoms with Crippen LogP contribution in [0, 0.1) is 5.92 Å². The molecule has 1 aromatic heterocycles. The first kappa shape index (κ1) is 15.9. The molecule has 0 spiro atoms. The minimum Gasteiger partial charge on any atom is -0.320 e. The molecule has 0 saturated carbocycles. The molecule has 4 nitrogen and oxygen atoms in total. The van der Waals surface area contributed by atoms with Gasteiger partial charge in [-0.15, -0.1) is 11.3 Å². The van der Waals surface area contributed by atoms with Gasteiger partial charge in [-0.1, -0.05) is 37.6 Å². The summed E-state index contributed by atoms with van der Waals surface area (Å²) in [5.41, 5.74) is 6.92. The number of rotatable bonds is 5. The van der Waals surface area contributed by atoms with Crippen molar-refractivity contribution in [2.24, 2.45) is 11.7 Å². The van der Waals surface area contributed by atoms with Crippen molar-refractivity contribution in [1.82, 2.24) is 4.98 Å². The molecule has 112 valence electrons. The fourth-order valence-corrected chi connectivity index (χ4v) is 2.85. The minimum absolute atomic E-state index is 0.0934. The van der Waals surface area contributed by atoms with Crippen molar-refractivity contribution in [1.29, 1.82) is 0 Å². The molecular formula is C15H18ClN3OS. The average Bonchev–Trinajstić information content (AvgIpc) is 2.84. The molecule has 0 radical (unpaired) electrons. The number of anilines is 1. The number of hydrogen-bond donors (Lipinski definition) is 2. The van der Waals surface area contributed by atoms with Crippen LogP contribution >= 0.6 is 22.9 Å². The Balaban J connectivity index is 2.00. The van der Waals surface area contributed by atoms with Gasteiger partial charge < -0.3 is 11.1 Å². The fraction of sp³-hybridized carbons (Fsp3) is 0.333. The van der Waals surface area contributed by atoms with Crippen LogP contribution in [0.5, 0.6) is 0 Å². The molecule has 1 atom stereocenters. The summed E-state index contributed by atoms with van der Waals surface area (Å²) in [7, 11) is 0. The number of benzene rings is 1. The third-order valence-corrected chi connectivity index (χ3v) is 4.22. The highest BCUT2D eigenvalue weighted by molar-refractivity contribution is 7.15. The van der Waals surface area contributed by atoms with Gasteiger partial charge in [-0.05, 0) is 23.6 Å². The lowest BCUT2D eigenvalue weighted by molar-refractivity contribution is -0.118. The summed E-state index contributed by atoms with van der Waals surface area (Å²) >= 11 is 7.42. The van der Waals surface area contributed by atoms with E-state index in [-0.39, 0.29) is 11.8 Å². The molecule has 0 fully saturated rings. The first-order valence-corrected chi connectivity index (χ1v) is 7.90. The van der Waals surface area contributed by atoms with E-state index < -0.39 is 6.04 Å². The zero-order valence-electron chi connectivity index (χ0n) is 12.0. The lowest BCUT2D eigenvalue weighted by atomic mass is 10.1. The van der Waals surface area contributed by atoms with Gasteiger partial charge in [0.2, 0.25) is 5.91 Å². The molecular weight excluding hydrogens is 306 g/mol. The van der Waals surface area contributed by atoms with Gasteiger partial charge in [-0.25, -0.2) is 4.98 Å². The Kier molecular flexibility index (Phi) is 5.33. The number of carbonyl (C=O) groups excluding carboxylic acids is 1. The summed E-state index contributed by atoms with van der Waals surface area (Å²) in [6.07, 6.45) is 2.51. The van der Waals surface area contributed by atoms with Crippen LogP contribution in [0.1, 0.15) is 24.3 Å².